The van der Waals surface area contributed by atoms with Crippen molar-refractivity contribution >= 4 is 17.4 Å². The van der Waals surface area contributed by atoms with Crippen LogP contribution in [0.4, 0.5) is 5.69 Å². The number of benzene rings is 2. The molecule has 1 heterocycles. The summed E-state index contributed by atoms with van der Waals surface area (Å²) in [6.07, 6.45) is 1.92. The lowest BCUT2D eigenvalue weighted by Crippen LogP contribution is -2.00. The van der Waals surface area contributed by atoms with Crippen LogP contribution in [0.3, 0.4) is 0 Å². The number of hydrogen-bond acceptors (Lipinski definition) is 4. The predicted molar refractivity (Wildman–Crippen MR) is 87.3 cm³/mol. The highest BCUT2D eigenvalue weighted by Crippen LogP contribution is 2.33. The molecule has 0 aromatic heterocycles. The molecule has 0 bridgehead atoms. The van der Waals surface area contributed by atoms with Crippen LogP contribution in [0.5, 0.6) is 11.5 Å². The van der Waals surface area contributed by atoms with Crippen molar-refractivity contribution in [2.75, 3.05) is 17.9 Å². The lowest BCUT2D eigenvalue weighted by Gasteiger charge is -2.11. The standard InChI is InChI=1S/C17H17NO2S/c1-2-9-21-17-6-4-3-5-14(17)18-11-13-7-8-15-16(10-13)20-12-19-15/h2-8,10,18H,1,9,11-12H2. The first-order valence-electron chi connectivity index (χ1n) is 6.82. The molecule has 0 fully saturated rings. The van der Waals surface area contributed by atoms with Crippen molar-refractivity contribution in [1.29, 1.82) is 0 Å². The topological polar surface area (TPSA) is 30.5 Å². The highest BCUT2D eigenvalue weighted by molar-refractivity contribution is 7.99. The second-order valence-corrected chi connectivity index (χ2v) is 5.70. The van der Waals surface area contributed by atoms with Crippen molar-refractivity contribution in [3.63, 3.8) is 0 Å². The number of thioether (sulfide) groups is 1. The quantitative estimate of drug-likeness (QED) is 0.636. The van der Waals surface area contributed by atoms with Crippen molar-refractivity contribution in [2.45, 2.75) is 11.4 Å². The van der Waals surface area contributed by atoms with E-state index in [-0.39, 0.29) is 0 Å². The molecule has 4 heteroatoms. The molecule has 108 valence electrons. The fraction of sp³-hybridized carbons (Fsp3) is 0.176. The molecule has 0 aliphatic carbocycles. The van der Waals surface area contributed by atoms with Crippen molar-refractivity contribution in [1.82, 2.24) is 0 Å². The van der Waals surface area contributed by atoms with Crippen LogP contribution in [-0.2, 0) is 6.54 Å². The van der Waals surface area contributed by atoms with E-state index in [2.05, 4.69) is 36.2 Å². The van der Waals surface area contributed by atoms with Gasteiger partial charge in [-0.15, -0.1) is 18.3 Å². The molecule has 0 spiro atoms. The molecule has 3 rings (SSSR count). The van der Waals surface area contributed by atoms with Gasteiger partial charge in [0.15, 0.2) is 11.5 Å². The summed E-state index contributed by atoms with van der Waals surface area (Å²) in [5.41, 5.74) is 2.31. The van der Waals surface area contributed by atoms with E-state index in [0.29, 0.717) is 6.79 Å². The van der Waals surface area contributed by atoms with Gasteiger partial charge in [-0.25, -0.2) is 0 Å². The zero-order valence-corrected chi connectivity index (χ0v) is 12.5. The number of fused-ring (bicyclic) bond motifs is 1. The van der Waals surface area contributed by atoms with Crippen LogP contribution in [0.2, 0.25) is 0 Å². The first kappa shape index (κ1) is 13.9. The second-order valence-electron chi connectivity index (χ2n) is 4.64. The molecule has 0 saturated heterocycles. The minimum absolute atomic E-state index is 0.313. The van der Waals surface area contributed by atoms with E-state index < -0.39 is 0 Å². The van der Waals surface area contributed by atoms with E-state index in [4.69, 9.17) is 9.47 Å². The highest BCUT2D eigenvalue weighted by atomic mass is 32.2. The van der Waals surface area contributed by atoms with Gasteiger partial charge in [-0.3, -0.25) is 0 Å². The average molecular weight is 299 g/mol. The number of nitrogens with one attached hydrogen (secondary N) is 1. The Balaban J connectivity index is 1.68. The van der Waals surface area contributed by atoms with Crippen LogP contribution in [0.15, 0.2) is 60.0 Å². The van der Waals surface area contributed by atoms with Crippen molar-refractivity contribution in [2.24, 2.45) is 0 Å². The van der Waals surface area contributed by atoms with Gasteiger partial charge >= 0.3 is 0 Å². The fourth-order valence-electron chi connectivity index (χ4n) is 2.14. The van der Waals surface area contributed by atoms with Crippen LogP contribution < -0.4 is 14.8 Å². The Morgan fingerprint density at radius 1 is 1.14 bits per heavy atom. The Labute approximate surface area is 129 Å². The summed E-state index contributed by atoms with van der Waals surface area (Å²) in [7, 11) is 0. The van der Waals surface area contributed by atoms with Gasteiger partial charge in [-0.1, -0.05) is 24.3 Å². The van der Waals surface area contributed by atoms with Gasteiger partial charge in [0.25, 0.3) is 0 Å². The lowest BCUT2D eigenvalue weighted by atomic mass is 10.2. The SMILES string of the molecule is C=CCSc1ccccc1NCc1ccc2c(c1)OCO2. The number of para-hydroxylation sites is 1. The van der Waals surface area contributed by atoms with Crippen LogP contribution in [0.25, 0.3) is 0 Å². The number of rotatable bonds is 6. The van der Waals surface area contributed by atoms with E-state index in [1.807, 2.05) is 24.3 Å². The Bertz CT molecular complexity index is 642. The Morgan fingerprint density at radius 3 is 2.90 bits per heavy atom. The third-order valence-electron chi connectivity index (χ3n) is 3.16. The summed E-state index contributed by atoms with van der Waals surface area (Å²) in [4.78, 5) is 1.23. The number of ether oxygens (including phenoxy) is 2. The van der Waals surface area contributed by atoms with Gasteiger partial charge in [-0.05, 0) is 29.8 Å². The van der Waals surface area contributed by atoms with Crippen LogP contribution in [-0.4, -0.2) is 12.5 Å². The summed E-state index contributed by atoms with van der Waals surface area (Å²) < 4.78 is 10.7. The molecule has 0 radical (unpaired) electrons. The minimum atomic E-state index is 0.313. The van der Waals surface area contributed by atoms with E-state index >= 15 is 0 Å². The van der Waals surface area contributed by atoms with Crippen LogP contribution in [0, 0.1) is 0 Å². The van der Waals surface area contributed by atoms with Crippen molar-refractivity contribution in [3.05, 3.63) is 60.7 Å². The molecule has 1 aliphatic rings. The maximum Gasteiger partial charge on any atom is 0.231 e. The normalized spacial score (nSPS) is 12.2. The van der Waals surface area contributed by atoms with Crippen molar-refractivity contribution in [3.8, 4) is 11.5 Å². The van der Waals surface area contributed by atoms with E-state index in [1.165, 1.54) is 10.5 Å². The maximum atomic E-state index is 5.40. The monoisotopic (exact) mass is 299 g/mol. The summed E-state index contributed by atoms with van der Waals surface area (Å²) in [5, 5.41) is 3.48. The van der Waals surface area contributed by atoms with Gasteiger partial charge in [0.2, 0.25) is 6.79 Å². The fourth-order valence-corrected chi connectivity index (χ4v) is 2.90. The zero-order chi connectivity index (χ0) is 14.5. The molecule has 0 amide bonds. The summed E-state index contributed by atoms with van der Waals surface area (Å²) in [5.74, 6) is 2.55. The van der Waals surface area contributed by atoms with Gasteiger partial charge in [0.05, 0.1) is 0 Å². The van der Waals surface area contributed by atoms with Crippen LogP contribution >= 0.6 is 11.8 Å². The number of anilines is 1. The molecular formula is C17H17NO2S. The molecule has 2 aromatic carbocycles. The third-order valence-corrected chi connectivity index (χ3v) is 4.23. The molecule has 21 heavy (non-hydrogen) atoms. The first-order valence-corrected chi connectivity index (χ1v) is 7.80. The van der Waals surface area contributed by atoms with Crippen molar-refractivity contribution < 1.29 is 9.47 Å². The summed E-state index contributed by atoms with van der Waals surface area (Å²) >= 11 is 1.78. The lowest BCUT2D eigenvalue weighted by molar-refractivity contribution is 0.174. The first-order chi connectivity index (χ1) is 10.4. The van der Waals surface area contributed by atoms with Gasteiger partial charge in [0.1, 0.15) is 0 Å². The summed E-state index contributed by atoms with van der Waals surface area (Å²) in [6, 6.07) is 14.3. The Morgan fingerprint density at radius 2 is 2.00 bits per heavy atom. The minimum Gasteiger partial charge on any atom is -0.454 e. The molecule has 1 aliphatic heterocycles. The zero-order valence-electron chi connectivity index (χ0n) is 11.7. The second kappa shape index (κ2) is 6.59. The maximum absolute atomic E-state index is 5.40. The highest BCUT2D eigenvalue weighted by Gasteiger charge is 2.13. The molecular weight excluding hydrogens is 282 g/mol. The Kier molecular flexibility index (Phi) is 4.36. The van der Waals surface area contributed by atoms with E-state index in [1.54, 1.807) is 11.8 Å². The smallest absolute Gasteiger partial charge is 0.231 e. The largest absolute Gasteiger partial charge is 0.454 e. The van der Waals surface area contributed by atoms with Gasteiger partial charge < -0.3 is 14.8 Å². The third kappa shape index (κ3) is 3.34. The predicted octanol–water partition coefficient (Wildman–Crippen LogP) is 4.31. The van der Waals surface area contributed by atoms with E-state index in [0.717, 1.165) is 29.5 Å². The van der Waals surface area contributed by atoms with Gasteiger partial charge in [0, 0.05) is 22.9 Å². The Hall–Kier alpha value is -2.07. The number of hydrogen-bond donors (Lipinski definition) is 1. The summed E-state index contributed by atoms with van der Waals surface area (Å²) in [6.45, 7) is 4.83. The molecule has 2 aromatic rings. The molecule has 0 unspecified atom stereocenters. The van der Waals surface area contributed by atoms with E-state index in [9.17, 15) is 0 Å². The molecule has 3 nitrogen and oxygen atoms in total. The molecule has 0 atom stereocenters. The van der Waals surface area contributed by atoms with Gasteiger partial charge in [-0.2, -0.15) is 0 Å². The average Bonchev–Trinajstić information content (AvgIpc) is 2.99. The van der Waals surface area contributed by atoms with Crippen LogP contribution in [0.1, 0.15) is 5.56 Å². The molecule has 1 N–H and O–H groups in total. The molecule has 0 saturated carbocycles.